The molecule has 0 aliphatic heterocycles. The summed E-state index contributed by atoms with van der Waals surface area (Å²) >= 11 is 0. The maximum Gasteiger partial charge on any atom is 0.360 e. The van der Waals surface area contributed by atoms with Crippen molar-refractivity contribution in [3.8, 4) is 0 Å². The third kappa shape index (κ3) is 6.19. The third-order valence-electron chi connectivity index (χ3n) is 5.87. The molecule has 9 heteroatoms. The minimum Gasteiger partial charge on any atom is -0.307 e. The molecule has 0 saturated heterocycles. The number of sulfonamides is 1. The molecule has 0 heterocycles. The number of nitrogens with one attached hydrogen (secondary N) is 1. The van der Waals surface area contributed by atoms with Gasteiger partial charge in [0.15, 0.2) is 11.1 Å². The summed E-state index contributed by atoms with van der Waals surface area (Å²) in [5, 5.41) is -1.90. The van der Waals surface area contributed by atoms with Crippen molar-refractivity contribution in [1.29, 1.82) is 0 Å². The van der Waals surface area contributed by atoms with Crippen LogP contribution in [0.15, 0.2) is 71.6 Å². The smallest absolute Gasteiger partial charge is 0.307 e. The molecule has 0 amide bonds. The summed E-state index contributed by atoms with van der Waals surface area (Å²) in [7, 11) is -8.39. The van der Waals surface area contributed by atoms with Crippen LogP contribution in [0, 0.1) is 0 Å². The van der Waals surface area contributed by atoms with E-state index in [1.54, 1.807) is 42.5 Å². The molecule has 0 aromatic heterocycles. The Hall–Kier alpha value is -2.09. The first-order valence-electron chi connectivity index (χ1n) is 12.1. The van der Waals surface area contributed by atoms with Gasteiger partial charge in [-0.25, -0.2) is 8.42 Å². The van der Waals surface area contributed by atoms with Gasteiger partial charge in [-0.05, 0) is 37.1 Å². The number of allylic oxidation sites excluding steroid dienone is 1. The molecule has 1 aliphatic rings. The van der Waals surface area contributed by atoms with Gasteiger partial charge in [-0.2, -0.15) is 4.72 Å². The van der Waals surface area contributed by atoms with Crippen molar-refractivity contribution < 1.29 is 26.8 Å². The molecule has 190 valence electrons. The van der Waals surface area contributed by atoms with Gasteiger partial charge >= 0.3 is 7.60 Å². The number of hydrogen-bond donors (Lipinski definition) is 1. The number of benzene rings is 2. The topological polar surface area (TPSA) is 98.8 Å². The summed E-state index contributed by atoms with van der Waals surface area (Å²) in [4.78, 5) is 12.7. The Balaban J connectivity index is 2.15. The van der Waals surface area contributed by atoms with E-state index in [-0.39, 0.29) is 35.0 Å². The van der Waals surface area contributed by atoms with Gasteiger partial charge in [0.05, 0.1) is 18.1 Å². The summed E-state index contributed by atoms with van der Waals surface area (Å²) < 4.78 is 56.3. The maximum absolute atomic E-state index is 14.7. The van der Waals surface area contributed by atoms with Crippen LogP contribution in [0.1, 0.15) is 68.3 Å². The van der Waals surface area contributed by atoms with Crippen molar-refractivity contribution >= 4 is 23.4 Å². The number of ketones is 1. The quantitative estimate of drug-likeness (QED) is 0.236. The van der Waals surface area contributed by atoms with Crippen LogP contribution >= 0.6 is 7.60 Å². The lowest BCUT2D eigenvalue weighted by molar-refractivity contribution is 0.104. The molecule has 1 aliphatic carbocycles. The largest absolute Gasteiger partial charge is 0.360 e. The van der Waals surface area contributed by atoms with Crippen LogP contribution in [0.2, 0.25) is 0 Å². The number of rotatable bonds is 14. The molecule has 1 atom stereocenters. The lowest BCUT2D eigenvalue weighted by Crippen LogP contribution is -2.47. The molecule has 1 N–H and O–H groups in total. The van der Waals surface area contributed by atoms with Gasteiger partial charge in [0.25, 0.3) is 0 Å². The van der Waals surface area contributed by atoms with Crippen molar-refractivity contribution in [1.82, 2.24) is 4.72 Å². The second kappa shape index (κ2) is 12.2. The highest BCUT2D eigenvalue weighted by Gasteiger charge is 2.56. The average Bonchev–Trinajstić information content (AvgIpc) is 2.87. The normalized spacial score (nSPS) is 17.9. The van der Waals surface area contributed by atoms with Crippen LogP contribution < -0.4 is 4.72 Å². The van der Waals surface area contributed by atoms with Gasteiger partial charge in [-0.1, -0.05) is 82.0 Å². The van der Waals surface area contributed by atoms with E-state index in [1.807, 2.05) is 13.8 Å². The summed E-state index contributed by atoms with van der Waals surface area (Å²) in [6.45, 7) is 4.36. The molecule has 0 spiro atoms. The molecule has 2 aromatic carbocycles. The Labute approximate surface area is 208 Å². The Morgan fingerprint density at radius 2 is 1.43 bits per heavy atom. The molecule has 0 saturated carbocycles. The van der Waals surface area contributed by atoms with E-state index in [9.17, 15) is 17.8 Å². The second-order valence-electron chi connectivity index (χ2n) is 8.51. The molecule has 2 aromatic rings. The van der Waals surface area contributed by atoms with Crippen molar-refractivity contribution in [2.75, 3.05) is 13.2 Å². The summed E-state index contributed by atoms with van der Waals surface area (Å²) in [6, 6.07) is 14.4. The molecular formula is C26H34NO6PS. The predicted molar refractivity (Wildman–Crippen MR) is 137 cm³/mol. The van der Waals surface area contributed by atoms with Crippen LogP contribution in [0.4, 0.5) is 0 Å². The highest BCUT2D eigenvalue weighted by atomic mass is 32.2. The summed E-state index contributed by atoms with van der Waals surface area (Å²) in [5.74, 6) is -0.307. The second-order valence-corrected chi connectivity index (χ2v) is 12.4. The lowest BCUT2D eigenvalue weighted by atomic mass is 9.92. The molecule has 35 heavy (non-hydrogen) atoms. The predicted octanol–water partition coefficient (Wildman–Crippen LogP) is 6.18. The van der Waals surface area contributed by atoms with Crippen molar-refractivity contribution in [3.63, 3.8) is 0 Å². The molecule has 0 fully saturated rings. The van der Waals surface area contributed by atoms with Crippen LogP contribution in [-0.4, -0.2) is 27.4 Å². The van der Waals surface area contributed by atoms with Gasteiger partial charge in [0.1, 0.15) is 0 Å². The minimum atomic E-state index is -4.21. The Morgan fingerprint density at radius 1 is 0.857 bits per heavy atom. The van der Waals surface area contributed by atoms with Crippen LogP contribution in [0.3, 0.4) is 0 Å². The third-order valence-corrected chi connectivity index (χ3v) is 9.92. The van der Waals surface area contributed by atoms with E-state index in [0.29, 0.717) is 12.8 Å². The molecule has 0 radical (unpaired) electrons. The van der Waals surface area contributed by atoms with E-state index in [0.717, 1.165) is 25.7 Å². The standard InChI is InChI=1S/C26H34NO6PS/c1-3-5-12-20-32-34(29,33-21-13-6-4-2)26(27-35(30,31)22-14-8-7-9-15-22)19-18-25(28)23-16-10-11-17-24(23)26/h7-11,14-19,27H,3-6,12-13,20-21H2,1-2H3/t26-/m0/s1. The maximum atomic E-state index is 14.7. The number of fused-ring (bicyclic) bond motifs is 1. The van der Waals surface area contributed by atoms with E-state index in [1.165, 1.54) is 24.3 Å². The Morgan fingerprint density at radius 3 is 2.03 bits per heavy atom. The number of carbonyl (C=O) groups excluding carboxylic acids is 1. The van der Waals surface area contributed by atoms with Crippen LogP contribution in [0.5, 0.6) is 0 Å². The van der Waals surface area contributed by atoms with Crippen molar-refractivity contribution in [3.05, 3.63) is 77.9 Å². The molecule has 0 bridgehead atoms. The fraction of sp³-hybridized carbons (Fsp3) is 0.423. The first-order chi connectivity index (χ1) is 16.8. The van der Waals surface area contributed by atoms with Gasteiger partial charge < -0.3 is 9.05 Å². The van der Waals surface area contributed by atoms with Gasteiger partial charge in [-0.3, -0.25) is 9.36 Å². The Kier molecular flexibility index (Phi) is 9.62. The number of hydrogen-bond acceptors (Lipinski definition) is 6. The van der Waals surface area contributed by atoms with Gasteiger partial charge in [0, 0.05) is 11.1 Å². The highest BCUT2D eigenvalue weighted by molar-refractivity contribution is 7.90. The van der Waals surface area contributed by atoms with E-state index in [4.69, 9.17) is 9.05 Å². The zero-order chi connectivity index (χ0) is 25.4. The van der Waals surface area contributed by atoms with Crippen molar-refractivity contribution in [2.45, 2.75) is 62.5 Å². The van der Waals surface area contributed by atoms with E-state index < -0.39 is 22.9 Å². The number of unbranched alkanes of at least 4 members (excludes halogenated alkanes) is 4. The van der Waals surface area contributed by atoms with Gasteiger partial charge in [-0.15, -0.1) is 0 Å². The van der Waals surface area contributed by atoms with Crippen molar-refractivity contribution in [2.24, 2.45) is 0 Å². The zero-order valence-electron chi connectivity index (χ0n) is 20.3. The first-order valence-corrected chi connectivity index (χ1v) is 15.1. The van der Waals surface area contributed by atoms with E-state index in [2.05, 4.69) is 4.72 Å². The molecule has 7 nitrogen and oxygen atoms in total. The SMILES string of the molecule is CCCCCOP(=O)(OCCCCC)[C@@]1(NS(=O)(=O)c2ccccc2)C=CC(=O)c2ccccc21. The number of carbonyl (C=O) groups is 1. The minimum absolute atomic E-state index is 0.00525. The molecular weight excluding hydrogens is 485 g/mol. The van der Waals surface area contributed by atoms with Crippen LogP contribution in [-0.2, 0) is 28.9 Å². The fourth-order valence-electron chi connectivity index (χ4n) is 3.97. The lowest BCUT2D eigenvalue weighted by Gasteiger charge is -2.40. The van der Waals surface area contributed by atoms with Crippen LogP contribution in [0.25, 0.3) is 0 Å². The highest BCUT2D eigenvalue weighted by Crippen LogP contribution is 2.66. The summed E-state index contributed by atoms with van der Waals surface area (Å²) in [5.41, 5.74) is 0.502. The fourth-order valence-corrected chi connectivity index (χ4v) is 7.96. The molecule has 0 unspecified atom stereocenters. The Bertz CT molecular complexity index is 1170. The summed E-state index contributed by atoms with van der Waals surface area (Å²) in [6.07, 6.45) is 7.47. The first kappa shape index (κ1) is 27.5. The average molecular weight is 520 g/mol. The molecule has 3 rings (SSSR count). The zero-order valence-corrected chi connectivity index (χ0v) is 22.0. The van der Waals surface area contributed by atoms with E-state index >= 15 is 0 Å². The monoisotopic (exact) mass is 519 g/mol. The van der Waals surface area contributed by atoms with Gasteiger partial charge in [0.2, 0.25) is 10.0 Å².